The topological polar surface area (TPSA) is 66.0 Å². The van der Waals surface area contributed by atoms with E-state index in [4.69, 9.17) is 20.0 Å². The van der Waals surface area contributed by atoms with Crippen molar-refractivity contribution in [3.8, 4) is 24.0 Å². The van der Waals surface area contributed by atoms with Crippen molar-refractivity contribution in [3.05, 3.63) is 95.1 Å². The Kier molecular flexibility index (Phi) is 5.81. The highest BCUT2D eigenvalue weighted by Crippen LogP contribution is 2.37. The number of hydrogen-bond acceptors (Lipinski definition) is 4. The summed E-state index contributed by atoms with van der Waals surface area (Å²) in [7, 11) is 0. The fraction of sp³-hybridized carbons (Fsp3) is 0.231. The van der Waals surface area contributed by atoms with Crippen LogP contribution in [0.1, 0.15) is 49.9 Å². The van der Waals surface area contributed by atoms with Gasteiger partial charge < -0.3 is 9.47 Å². The standard InChI is InChI=1S/C26H24N2O2/c1-25(2,19-8-12-23(13-9-19)29-17-27)21-6-5-7-22(16-21)26(3,4)20-10-14-24(15-11-20)30-18-28/h5-16H,1-4H3. The van der Waals surface area contributed by atoms with E-state index >= 15 is 0 Å². The summed E-state index contributed by atoms with van der Waals surface area (Å²) in [4.78, 5) is 0. The Balaban J connectivity index is 1.94. The van der Waals surface area contributed by atoms with Crippen molar-refractivity contribution >= 4 is 0 Å². The van der Waals surface area contributed by atoms with Gasteiger partial charge in [-0.15, -0.1) is 10.5 Å². The molecule has 150 valence electrons. The molecule has 3 aromatic rings. The van der Waals surface area contributed by atoms with Crippen LogP contribution in [0.5, 0.6) is 11.5 Å². The Bertz CT molecular complexity index is 1010. The van der Waals surface area contributed by atoms with Crippen LogP contribution < -0.4 is 9.47 Å². The van der Waals surface area contributed by atoms with Crippen molar-refractivity contribution in [2.45, 2.75) is 38.5 Å². The van der Waals surface area contributed by atoms with E-state index in [1.54, 1.807) is 12.5 Å². The number of benzene rings is 3. The average Bonchev–Trinajstić information content (AvgIpc) is 2.75. The first-order valence-corrected chi connectivity index (χ1v) is 9.73. The largest absolute Gasteiger partial charge is 0.388 e. The number of nitrogens with zero attached hydrogens (tertiary/aromatic N) is 2. The van der Waals surface area contributed by atoms with E-state index in [9.17, 15) is 0 Å². The van der Waals surface area contributed by atoms with Gasteiger partial charge in [-0.2, -0.15) is 0 Å². The van der Waals surface area contributed by atoms with Crippen LogP contribution in [0.4, 0.5) is 0 Å². The SMILES string of the molecule is CC(C)(c1ccc(OC#N)cc1)c1cccc(C(C)(C)c2ccc(OC#N)cc2)c1. The summed E-state index contributed by atoms with van der Waals surface area (Å²) >= 11 is 0. The molecule has 0 aromatic heterocycles. The third-order valence-electron chi connectivity index (χ3n) is 5.78. The molecule has 0 aliphatic rings. The molecule has 0 heterocycles. The van der Waals surface area contributed by atoms with E-state index < -0.39 is 0 Å². The number of nitriles is 2. The summed E-state index contributed by atoms with van der Waals surface area (Å²) in [5.41, 5.74) is 4.24. The maximum Gasteiger partial charge on any atom is 0.292 e. The Hall–Kier alpha value is -3.76. The van der Waals surface area contributed by atoms with Crippen LogP contribution in [-0.4, -0.2) is 0 Å². The van der Waals surface area contributed by atoms with Crippen molar-refractivity contribution in [1.29, 1.82) is 10.5 Å². The molecule has 0 aliphatic carbocycles. The van der Waals surface area contributed by atoms with Crippen molar-refractivity contribution in [3.63, 3.8) is 0 Å². The lowest BCUT2D eigenvalue weighted by atomic mass is 9.73. The molecule has 0 saturated heterocycles. The molecule has 0 atom stereocenters. The fourth-order valence-electron chi connectivity index (χ4n) is 3.61. The molecule has 30 heavy (non-hydrogen) atoms. The van der Waals surface area contributed by atoms with Gasteiger partial charge in [-0.1, -0.05) is 76.2 Å². The van der Waals surface area contributed by atoms with E-state index in [1.807, 2.05) is 48.5 Å². The highest BCUT2D eigenvalue weighted by molar-refractivity contribution is 5.46. The van der Waals surface area contributed by atoms with Gasteiger partial charge in [0.25, 0.3) is 12.5 Å². The Labute approximate surface area is 177 Å². The van der Waals surface area contributed by atoms with Crippen molar-refractivity contribution < 1.29 is 9.47 Å². The lowest BCUT2D eigenvalue weighted by Crippen LogP contribution is -2.22. The summed E-state index contributed by atoms with van der Waals surface area (Å²) in [6.45, 7) is 8.75. The second-order valence-corrected chi connectivity index (χ2v) is 8.27. The smallest absolute Gasteiger partial charge is 0.292 e. The van der Waals surface area contributed by atoms with Crippen molar-refractivity contribution in [2.75, 3.05) is 0 Å². The molecule has 0 fully saturated rings. The van der Waals surface area contributed by atoms with Crippen LogP contribution in [0, 0.1) is 23.0 Å². The van der Waals surface area contributed by atoms with Crippen LogP contribution >= 0.6 is 0 Å². The lowest BCUT2D eigenvalue weighted by Gasteiger charge is -2.31. The van der Waals surface area contributed by atoms with Crippen molar-refractivity contribution in [1.82, 2.24) is 0 Å². The molecule has 0 saturated carbocycles. The third-order valence-corrected chi connectivity index (χ3v) is 5.78. The lowest BCUT2D eigenvalue weighted by molar-refractivity contribution is 0.506. The van der Waals surface area contributed by atoms with Gasteiger partial charge >= 0.3 is 0 Å². The zero-order valence-electron chi connectivity index (χ0n) is 17.6. The Morgan fingerprint density at radius 2 is 0.933 bits per heavy atom. The van der Waals surface area contributed by atoms with Crippen LogP contribution in [0.3, 0.4) is 0 Å². The predicted molar refractivity (Wildman–Crippen MR) is 116 cm³/mol. The molecule has 0 bridgehead atoms. The van der Waals surface area contributed by atoms with E-state index in [2.05, 4.69) is 52.0 Å². The van der Waals surface area contributed by atoms with Gasteiger partial charge in [-0.05, 0) is 46.5 Å². The quantitative estimate of drug-likeness (QED) is 0.475. The first-order valence-electron chi connectivity index (χ1n) is 9.73. The molecule has 0 aliphatic heterocycles. The first-order chi connectivity index (χ1) is 14.3. The first kappa shape index (κ1) is 21.0. The van der Waals surface area contributed by atoms with Crippen LogP contribution in [0.25, 0.3) is 0 Å². The second-order valence-electron chi connectivity index (χ2n) is 8.27. The second kappa shape index (κ2) is 8.31. The van der Waals surface area contributed by atoms with E-state index in [0.717, 1.165) is 11.1 Å². The molecular weight excluding hydrogens is 372 g/mol. The predicted octanol–water partition coefficient (Wildman–Crippen LogP) is 6.06. The summed E-state index contributed by atoms with van der Waals surface area (Å²) in [6, 6.07) is 23.9. The minimum absolute atomic E-state index is 0.220. The Morgan fingerprint density at radius 1 is 0.567 bits per heavy atom. The number of ether oxygens (including phenoxy) is 2. The average molecular weight is 396 g/mol. The monoisotopic (exact) mass is 396 g/mol. The maximum absolute atomic E-state index is 8.68. The summed E-state index contributed by atoms with van der Waals surface area (Å²) in [5.74, 6) is 1.08. The van der Waals surface area contributed by atoms with Gasteiger partial charge in [0.1, 0.15) is 11.5 Å². The van der Waals surface area contributed by atoms with Crippen molar-refractivity contribution in [2.24, 2.45) is 0 Å². The van der Waals surface area contributed by atoms with Gasteiger partial charge in [0.15, 0.2) is 0 Å². The van der Waals surface area contributed by atoms with Gasteiger partial charge in [-0.3, -0.25) is 0 Å². The molecule has 0 amide bonds. The fourth-order valence-corrected chi connectivity index (χ4v) is 3.61. The summed E-state index contributed by atoms with van der Waals surface area (Å²) < 4.78 is 9.79. The third kappa shape index (κ3) is 4.14. The molecule has 3 rings (SSSR count). The minimum Gasteiger partial charge on any atom is -0.388 e. The molecule has 4 heteroatoms. The number of rotatable bonds is 6. The summed E-state index contributed by atoms with van der Waals surface area (Å²) in [6.07, 6.45) is 3.40. The molecule has 0 N–H and O–H groups in total. The van der Waals surface area contributed by atoms with Gasteiger partial charge in [0, 0.05) is 10.8 Å². The zero-order valence-corrected chi connectivity index (χ0v) is 17.6. The molecule has 4 nitrogen and oxygen atoms in total. The van der Waals surface area contributed by atoms with E-state index in [1.165, 1.54) is 11.1 Å². The van der Waals surface area contributed by atoms with Gasteiger partial charge in [0.2, 0.25) is 0 Å². The summed E-state index contributed by atoms with van der Waals surface area (Å²) in [5, 5.41) is 17.4. The highest BCUT2D eigenvalue weighted by Gasteiger charge is 2.27. The molecular formula is C26H24N2O2. The normalized spacial score (nSPS) is 11.3. The Morgan fingerprint density at radius 3 is 1.27 bits per heavy atom. The molecule has 0 radical (unpaired) electrons. The highest BCUT2D eigenvalue weighted by atomic mass is 16.5. The van der Waals surface area contributed by atoms with Crippen LogP contribution in [-0.2, 0) is 10.8 Å². The van der Waals surface area contributed by atoms with E-state index in [-0.39, 0.29) is 10.8 Å². The van der Waals surface area contributed by atoms with Gasteiger partial charge in [-0.25, -0.2) is 0 Å². The zero-order chi connectivity index (χ0) is 21.8. The minimum atomic E-state index is -0.220. The molecule has 3 aromatic carbocycles. The van der Waals surface area contributed by atoms with Gasteiger partial charge in [0.05, 0.1) is 0 Å². The maximum atomic E-state index is 8.68. The van der Waals surface area contributed by atoms with Crippen LogP contribution in [0.15, 0.2) is 72.8 Å². The van der Waals surface area contributed by atoms with E-state index in [0.29, 0.717) is 11.5 Å². The molecule has 0 spiro atoms. The van der Waals surface area contributed by atoms with Crippen LogP contribution in [0.2, 0.25) is 0 Å². The number of hydrogen-bond donors (Lipinski definition) is 0. The molecule has 0 unspecified atom stereocenters.